The minimum absolute atomic E-state index is 0.0804. The van der Waals surface area contributed by atoms with Crippen LogP contribution in [0.4, 0.5) is 5.95 Å². The van der Waals surface area contributed by atoms with Gasteiger partial charge in [-0.25, -0.2) is 9.97 Å². The molecule has 2 aliphatic rings. The Kier molecular flexibility index (Phi) is 5.27. The van der Waals surface area contributed by atoms with Crippen LogP contribution in [-0.4, -0.2) is 73.1 Å². The molecule has 0 saturated carbocycles. The Labute approximate surface area is 141 Å². The number of ether oxygens (including phenoxy) is 3. The van der Waals surface area contributed by atoms with Crippen molar-refractivity contribution in [3.8, 4) is 0 Å². The number of methoxy groups -OCH3 is 1. The lowest BCUT2D eigenvalue weighted by molar-refractivity contribution is -0.181. The first-order valence-corrected chi connectivity index (χ1v) is 8.28. The summed E-state index contributed by atoms with van der Waals surface area (Å²) in [6, 6.07) is 1.72. The van der Waals surface area contributed by atoms with E-state index in [1.807, 2.05) is 6.92 Å². The Bertz CT molecular complexity index is 579. The van der Waals surface area contributed by atoms with Gasteiger partial charge in [-0.2, -0.15) is 0 Å². The van der Waals surface area contributed by atoms with E-state index >= 15 is 0 Å². The SMILES string of the molecule is COCCNc1nc(C)cc(C(=O)N2CCC3(CC2)OCCO3)n1. The van der Waals surface area contributed by atoms with Crippen molar-refractivity contribution in [2.75, 3.05) is 51.9 Å². The first-order chi connectivity index (χ1) is 11.6. The molecule has 1 spiro atoms. The van der Waals surface area contributed by atoms with Gasteiger partial charge in [0, 0.05) is 45.3 Å². The largest absolute Gasteiger partial charge is 0.383 e. The van der Waals surface area contributed by atoms with Gasteiger partial charge in [-0.05, 0) is 13.0 Å². The van der Waals surface area contributed by atoms with Crippen LogP contribution in [0, 0.1) is 6.92 Å². The number of carbonyl (C=O) groups is 1. The molecule has 2 fully saturated rings. The molecule has 0 bridgehead atoms. The maximum atomic E-state index is 12.7. The van der Waals surface area contributed by atoms with Gasteiger partial charge in [0.25, 0.3) is 5.91 Å². The van der Waals surface area contributed by atoms with Gasteiger partial charge < -0.3 is 24.4 Å². The Hall–Kier alpha value is -1.77. The molecule has 2 aliphatic heterocycles. The standard InChI is InChI=1S/C16H24N4O4/c1-12-11-13(19-15(18-12)17-5-8-22-2)14(21)20-6-3-16(4-7-20)23-9-10-24-16/h11H,3-10H2,1-2H3,(H,17,18,19). The molecule has 0 radical (unpaired) electrons. The van der Waals surface area contributed by atoms with Crippen molar-refractivity contribution in [2.45, 2.75) is 25.6 Å². The van der Waals surface area contributed by atoms with Gasteiger partial charge in [0.15, 0.2) is 5.79 Å². The zero-order valence-electron chi connectivity index (χ0n) is 14.2. The summed E-state index contributed by atoms with van der Waals surface area (Å²) in [5.74, 6) is -0.111. The molecule has 24 heavy (non-hydrogen) atoms. The van der Waals surface area contributed by atoms with Crippen molar-refractivity contribution in [1.82, 2.24) is 14.9 Å². The third-order valence-corrected chi connectivity index (χ3v) is 4.29. The summed E-state index contributed by atoms with van der Waals surface area (Å²) in [4.78, 5) is 23.2. The quantitative estimate of drug-likeness (QED) is 0.797. The Morgan fingerprint density at radius 2 is 2.04 bits per heavy atom. The molecule has 1 amide bonds. The van der Waals surface area contributed by atoms with E-state index in [2.05, 4.69) is 15.3 Å². The second-order valence-electron chi connectivity index (χ2n) is 6.04. The molecule has 0 aromatic carbocycles. The summed E-state index contributed by atoms with van der Waals surface area (Å²) in [5.41, 5.74) is 1.16. The summed E-state index contributed by atoms with van der Waals surface area (Å²) in [6.07, 6.45) is 1.39. The molecule has 0 unspecified atom stereocenters. The average Bonchev–Trinajstić information content (AvgIpc) is 3.03. The fraction of sp³-hybridized carbons (Fsp3) is 0.688. The molecule has 1 N–H and O–H groups in total. The second-order valence-corrected chi connectivity index (χ2v) is 6.04. The summed E-state index contributed by atoms with van der Waals surface area (Å²) < 4.78 is 16.4. The van der Waals surface area contributed by atoms with Gasteiger partial charge >= 0.3 is 0 Å². The molecule has 8 heteroatoms. The monoisotopic (exact) mass is 336 g/mol. The first kappa shape index (κ1) is 17.1. The van der Waals surface area contributed by atoms with Crippen molar-refractivity contribution in [3.05, 3.63) is 17.5 Å². The number of aromatic nitrogens is 2. The van der Waals surface area contributed by atoms with Crippen molar-refractivity contribution < 1.29 is 19.0 Å². The normalized spacial score (nSPS) is 19.7. The molecule has 8 nitrogen and oxygen atoms in total. The van der Waals surface area contributed by atoms with E-state index in [0.717, 1.165) is 5.69 Å². The summed E-state index contributed by atoms with van der Waals surface area (Å²) in [5, 5.41) is 3.07. The van der Waals surface area contributed by atoms with E-state index in [1.54, 1.807) is 18.1 Å². The zero-order valence-corrected chi connectivity index (χ0v) is 14.2. The van der Waals surface area contributed by atoms with Crippen LogP contribution in [0.15, 0.2) is 6.07 Å². The van der Waals surface area contributed by atoms with Crippen LogP contribution < -0.4 is 5.32 Å². The highest BCUT2D eigenvalue weighted by atomic mass is 16.7. The van der Waals surface area contributed by atoms with Gasteiger partial charge in [0.05, 0.1) is 19.8 Å². The third-order valence-electron chi connectivity index (χ3n) is 4.29. The number of amides is 1. The van der Waals surface area contributed by atoms with Crippen LogP contribution in [0.1, 0.15) is 29.0 Å². The van der Waals surface area contributed by atoms with Crippen LogP contribution in [0.3, 0.4) is 0 Å². The number of nitrogens with zero attached hydrogens (tertiary/aromatic N) is 3. The van der Waals surface area contributed by atoms with Gasteiger partial charge in [-0.15, -0.1) is 0 Å². The van der Waals surface area contributed by atoms with E-state index < -0.39 is 5.79 Å². The van der Waals surface area contributed by atoms with Crippen molar-refractivity contribution >= 4 is 11.9 Å². The van der Waals surface area contributed by atoms with Gasteiger partial charge in [0.1, 0.15) is 5.69 Å². The zero-order chi connectivity index (χ0) is 17.0. The molecule has 1 aromatic rings. The Morgan fingerprint density at radius 1 is 1.33 bits per heavy atom. The number of nitrogens with one attached hydrogen (secondary N) is 1. The minimum atomic E-state index is -0.481. The summed E-state index contributed by atoms with van der Waals surface area (Å²) >= 11 is 0. The molecule has 3 heterocycles. The van der Waals surface area contributed by atoms with E-state index in [4.69, 9.17) is 14.2 Å². The highest BCUT2D eigenvalue weighted by molar-refractivity contribution is 5.92. The van der Waals surface area contributed by atoms with Gasteiger partial charge in [-0.3, -0.25) is 4.79 Å². The molecule has 132 valence electrons. The summed E-state index contributed by atoms with van der Waals surface area (Å²) in [7, 11) is 1.63. The number of piperidine rings is 1. The van der Waals surface area contributed by atoms with Crippen molar-refractivity contribution in [1.29, 1.82) is 0 Å². The fourth-order valence-corrected chi connectivity index (χ4v) is 3.02. The van der Waals surface area contributed by atoms with Crippen molar-refractivity contribution in [2.24, 2.45) is 0 Å². The molecule has 0 aliphatic carbocycles. The molecular formula is C16H24N4O4. The molecule has 1 aromatic heterocycles. The van der Waals surface area contributed by atoms with Crippen LogP contribution in [0.25, 0.3) is 0 Å². The number of hydrogen-bond donors (Lipinski definition) is 1. The lowest BCUT2D eigenvalue weighted by Gasteiger charge is -2.37. The number of anilines is 1. The smallest absolute Gasteiger partial charge is 0.272 e. The number of aryl methyl sites for hydroxylation is 1. The van der Waals surface area contributed by atoms with Gasteiger partial charge in [0.2, 0.25) is 5.95 Å². The van der Waals surface area contributed by atoms with E-state index in [1.165, 1.54) is 0 Å². The average molecular weight is 336 g/mol. The highest BCUT2D eigenvalue weighted by Gasteiger charge is 2.41. The van der Waals surface area contributed by atoms with Crippen LogP contribution in [-0.2, 0) is 14.2 Å². The molecule has 3 rings (SSSR count). The van der Waals surface area contributed by atoms with Crippen LogP contribution in [0.5, 0.6) is 0 Å². The van der Waals surface area contributed by atoms with E-state index in [0.29, 0.717) is 63.9 Å². The second kappa shape index (κ2) is 7.42. The fourth-order valence-electron chi connectivity index (χ4n) is 3.02. The Morgan fingerprint density at radius 3 is 2.71 bits per heavy atom. The van der Waals surface area contributed by atoms with E-state index in [-0.39, 0.29) is 5.91 Å². The van der Waals surface area contributed by atoms with E-state index in [9.17, 15) is 4.79 Å². The number of rotatable bonds is 5. The molecular weight excluding hydrogens is 312 g/mol. The van der Waals surface area contributed by atoms with Crippen LogP contribution >= 0.6 is 0 Å². The topological polar surface area (TPSA) is 85.8 Å². The number of hydrogen-bond acceptors (Lipinski definition) is 7. The highest BCUT2D eigenvalue weighted by Crippen LogP contribution is 2.31. The van der Waals surface area contributed by atoms with Crippen molar-refractivity contribution in [3.63, 3.8) is 0 Å². The predicted octanol–water partition coefficient (Wildman–Crippen LogP) is 0.822. The van der Waals surface area contributed by atoms with Crippen LogP contribution in [0.2, 0.25) is 0 Å². The molecule has 2 saturated heterocycles. The summed E-state index contributed by atoms with van der Waals surface area (Å²) in [6.45, 7) is 5.47. The molecule has 0 atom stereocenters. The number of carbonyl (C=O) groups excluding carboxylic acids is 1. The predicted molar refractivity (Wildman–Crippen MR) is 86.9 cm³/mol. The third kappa shape index (κ3) is 3.82. The van der Waals surface area contributed by atoms with Gasteiger partial charge in [-0.1, -0.05) is 0 Å². The maximum Gasteiger partial charge on any atom is 0.272 e. The lowest BCUT2D eigenvalue weighted by atomic mass is 10.0. The Balaban J connectivity index is 1.64. The minimum Gasteiger partial charge on any atom is -0.383 e. The first-order valence-electron chi connectivity index (χ1n) is 8.28. The lowest BCUT2D eigenvalue weighted by Crippen LogP contribution is -2.47. The maximum absolute atomic E-state index is 12.7. The number of likely N-dealkylation sites (tertiary alicyclic amines) is 1.